The van der Waals surface area contributed by atoms with Crippen molar-refractivity contribution in [1.82, 2.24) is 5.32 Å². The van der Waals surface area contributed by atoms with E-state index in [0.29, 0.717) is 0 Å². The Kier molecular flexibility index (Phi) is 6.19. The SMILES string of the molecule is CC(=O)CC(=O)N[C@H](CF)[C@H](O)c1ccc(S(C)(=O)=O)cc1. The molecular formula is C14H18FNO5S. The zero-order valence-electron chi connectivity index (χ0n) is 12.2. The Morgan fingerprint density at radius 3 is 2.23 bits per heavy atom. The first-order valence-corrected chi connectivity index (χ1v) is 8.37. The molecule has 2 atom stereocenters. The Morgan fingerprint density at radius 1 is 1.27 bits per heavy atom. The molecule has 2 N–H and O–H groups in total. The van der Waals surface area contributed by atoms with Gasteiger partial charge in [-0.05, 0) is 24.6 Å². The fraction of sp³-hybridized carbons (Fsp3) is 0.429. The number of halogens is 1. The maximum atomic E-state index is 13.0. The number of aliphatic hydroxyl groups is 1. The normalized spacial score (nSPS) is 14.2. The fourth-order valence-electron chi connectivity index (χ4n) is 1.83. The first-order chi connectivity index (χ1) is 10.1. The summed E-state index contributed by atoms with van der Waals surface area (Å²) in [4.78, 5) is 22.3. The van der Waals surface area contributed by atoms with E-state index in [2.05, 4.69) is 5.32 Å². The third kappa shape index (κ3) is 5.19. The molecule has 6 nitrogen and oxygen atoms in total. The van der Waals surface area contributed by atoms with Crippen LogP contribution in [0, 0.1) is 0 Å². The van der Waals surface area contributed by atoms with Gasteiger partial charge in [0.05, 0.1) is 17.4 Å². The third-order valence-corrected chi connectivity index (χ3v) is 4.08. The Balaban J connectivity index is 2.85. The molecule has 0 saturated heterocycles. The lowest BCUT2D eigenvalue weighted by molar-refractivity contribution is -0.128. The van der Waals surface area contributed by atoms with E-state index in [1.807, 2.05) is 0 Å². The summed E-state index contributed by atoms with van der Waals surface area (Å²) in [5, 5.41) is 12.3. The van der Waals surface area contributed by atoms with Gasteiger partial charge in [0.1, 0.15) is 18.6 Å². The molecule has 8 heteroatoms. The van der Waals surface area contributed by atoms with Gasteiger partial charge in [-0.25, -0.2) is 12.8 Å². The quantitative estimate of drug-likeness (QED) is 0.711. The van der Waals surface area contributed by atoms with Gasteiger partial charge in [0.15, 0.2) is 9.84 Å². The number of hydrogen-bond acceptors (Lipinski definition) is 5. The van der Waals surface area contributed by atoms with E-state index in [0.717, 1.165) is 6.26 Å². The average Bonchev–Trinajstić information content (AvgIpc) is 2.42. The van der Waals surface area contributed by atoms with Crippen LogP contribution in [0.1, 0.15) is 25.0 Å². The number of sulfone groups is 1. The highest BCUT2D eigenvalue weighted by molar-refractivity contribution is 7.90. The van der Waals surface area contributed by atoms with Crippen molar-refractivity contribution in [2.75, 3.05) is 12.9 Å². The zero-order valence-corrected chi connectivity index (χ0v) is 13.1. The molecule has 0 unspecified atom stereocenters. The molecule has 1 amide bonds. The van der Waals surface area contributed by atoms with Crippen LogP contribution in [0.3, 0.4) is 0 Å². The van der Waals surface area contributed by atoms with Crippen molar-refractivity contribution in [3.05, 3.63) is 29.8 Å². The number of carbonyl (C=O) groups is 2. The van der Waals surface area contributed by atoms with Gasteiger partial charge in [-0.15, -0.1) is 0 Å². The van der Waals surface area contributed by atoms with Crippen molar-refractivity contribution < 1.29 is 27.5 Å². The highest BCUT2D eigenvalue weighted by Crippen LogP contribution is 2.20. The van der Waals surface area contributed by atoms with Crippen molar-refractivity contribution in [2.24, 2.45) is 0 Å². The number of benzene rings is 1. The number of alkyl halides is 1. The molecule has 0 radical (unpaired) electrons. The highest BCUT2D eigenvalue weighted by Gasteiger charge is 2.23. The van der Waals surface area contributed by atoms with Crippen molar-refractivity contribution in [3.63, 3.8) is 0 Å². The van der Waals surface area contributed by atoms with Gasteiger partial charge in [0.25, 0.3) is 0 Å². The van der Waals surface area contributed by atoms with Crippen LogP contribution in [0.4, 0.5) is 4.39 Å². The lowest BCUT2D eigenvalue weighted by atomic mass is 10.0. The maximum absolute atomic E-state index is 13.0. The van der Waals surface area contributed by atoms with Gasteiger partial charge < -0.3 is 10.4 Å². The zero-order chi connectivity index (χ0) is 16.9. The monoisotopic (exact) mass is 331 g/mol. The smallest absolute Gasteiger partial charge is 0.227 e. The maximum Gasteiger partial charge on any atom is 0.227 e. The highest BCUT2D eigenvalue weighted by atomic mass is 32.2. The number of hydrogen-bond donors (Lipinski definition) is 2. The molecule has 1 aromatic carbocycles. The Hall–Kier alpha value is -1.80. The van der Waals surface area contributed by atoms with E-state index in [9.17, 15) is 27.5 Å². The molecule has 122 valence electrons. The van der Waals surface area contributed by atoms with Crippen LogP contribution >= 0.6 is 0 Å². The summed E-state index contributed by atoms with van der Waals surface area (Å²) in [6.45, 7) is 0.197. The van der Waals surface area contributed by atoms with Gasteiger partial charge in [0, 0.05) is 6.26 Å². The predicted octanol–water partition coefficient (Wildman–Crippen LogP) is 0.557. The molecule has 22 heavy (non-hydrogen) atoms. The summed E-state index contributed by atoms with van der Waals surface area (Å²) >= 11 is 0. The summed E-state index contributed by atoms with van der Waals surface area (Å²) in [5.41, 5.74) is 0.262. The minimum Gasteiger partial charge on any atom is -0.386 e. The first-order valence-electron chi connectivity index (χ1n) is 6.48. The number of ketones is 1. The Bertz CT molecular complexity index is 642. The fourth-order valence-corrected chi connectivity index (χ4v) is 2.46. The van der Waals surface area contributed by atoms with Crippen LogP contribution in [0.2, 0.25) is 0 Å². The second-order valence-corrected chi connectivity index (χ2v) is 7.01. The van der Waals surface area contributed by atoms with Crippen LogP contribution < -0.4 is 5.32 Å². The topological polar surface area (TPSA) is 101 Å². The lowest BCUT2D eigenvalue weighted by Crippen LogP contribution is -2.41. The Labute approximate surface area is 128 Å². The van der Waals surface area contributed by atoms with Gasteiger partial charge >= 0.3 is 0 Å². The number of nitrogens with one attached hydrogen (secondary N) is 1. The summed E-state index contributed by atoms with van der Waals surface area (Å²) < 4.78 is 35.7. The number of amides is 1. The summed E-state index contributed by atoms with van der Waals surface area (Å²) in [6.07, 6.45) is -0.699. The average molecular weight is 331 g/mol. The van der Waals surface area contributed by atoms with Crippen molar-refractivity contribution in [3.8, 4) is 0 Å². The Morgan fingerprint density at radius 2 is 1.82 bits per heavy atom. The van der Waals surface area contributed by atoms with E-state index < -0.39 is 41.0 Å². The molecule has 1 rings (SSSR count). The van der Waals surface area contributed by atoms with Gasteiger partial charge in [0.2, 0.25) is 5.91 Å². The molecule has 0 spiro atoms. The van der Waals surface area contributed by atoms with Crippen molar-refractivity contribution in [1.29, 1.82) is 0 Å². The number of aliphatic hydroxyl groups excluding tert-OH is 1. The van der Waals surface area contributed by atoms with Gasteiger partial charge in [-0.3, -0.25) is 9.59 Å². The second-order valence-electron chi connectivity index (χ2n) is 4.99. The summed E-state index contributed by atoms with van der Waals surface area (Å²) in [5.74, 6) is -1.05. The summed E-state index contributed by atoms with van der Waals surface area (Å²) in [7, 11) is -3.37. The van der Waals surface area contributed by atoms with Crippen LogP contribution in [-0.2, 0) is 19.4 Å². The molecule has 1 aromatic rings. The number of rotatable bonds is 7. The third-order valence-electron chi connectivity index (χ3n) is 2.95. The van der Waals surface area contributed by atoms with Crippen LogP contribution in [0.25, 0.3) is 0 Å². The molecule has 0 aromatic heterocycles. The molecule has 0 bridgehead atoms. The van der Waals surface area contributed by atoms with Crippen molar-refractivity contribution >= 4 is 21.5 Å². The lowest BCUT2D eigenvalue weighted by Gasteiger charge is -2.21. The molecule has 0 heterocycles. The molecule has 0 aliphatic carbocycles. The minimum atomic E-state index is -3.37. The number of carbonyl (C=O) groups excluding carboxylic acids is 2. The van der Waals surface area contributed by atoms with E-state index in [4.69, 9.17) is 0 Å². The van der Waals surface area contributed by atoms with Crippen LogP contribution in [-0.4, -0.2) is 44.2 Å². The van der Waals surface area contributed by atoms with E-state index in [1.165, 1.54) is 31.2 Å². The van der Waals surface area contributed by atoms with Crippen LogP contribution in [0.15, 0.2) is 29.2 Å². The van der Waals surface area contributed by atoms with E-state index in [-0.39, 0.29) is 16.2 Å². The summed E-state index contributed by atoms with van der Waals surface area (Å²) in [6, 6.07) is 4.07. The molecular weight excluding hydrogens is 313 g/mol. The first kappa shape index (κ1) is 18.2. The molecule has 0 aliphatic heterocycles. The van der Waals surface area contributed by atoms with E-state index >= 15 is 0 Å². The second kappa shape index (κ2) is 7.46. The standard InChI is InChI=1S/C14H18FNO5S/c1-9(17)7-13(18)16-12(8-15)14(19)10-3-5-11(6-4-10)22(2,20)21/h3-6,12,14,19H,7-8H2,1-2H3,(H,16,18)/t12-,14-/m1/s1. The number of Topliss-reactive ketones (excluding diaryl/α,β-unsaturated/α-hetero) is 1. The van der Waals surface area contributed by atoms with Crippen LogP contribution in [0.5, 0.6) is 0 Å². The van der Waals surface area contributed by atoms with Crippen molar-refractivity contribution in [2.45, 2.75) is 30.4 Å². The minimum absolute atomic E-state index is 0.0702. The largest absolute Gasteiger partial charge is 0.386 e. The predicted molar refractivity (Wildman–Crippen MR) is 77.7 cm³/mol. The molecule has 0 aliphatic rings. The van der Waals surface area contributed by atoms with E-state index in [1.54, 1.807) is 0 Å². The molecule has 0 saturated carbocycles. The molecule has 0 fully saturated rings. The van der Waals surface area contributed by atoms with Gasteiger partial charge in [-0.1, -0.05) is 12.1 Å². The van der Waals surface area contributed by atoms with Gasteiger partial charge in [-0.2, -0.15) is 0 Å².